The Morgan fingerprint density at radius 3 is 2.54 bits per heavy atom. The van der Waals surface area contributed by atoms with E-state index in [2.05, 4.69) is 21.5 Å². The molecule has 0 N–H and O–H groups in total. The fourth-order valence-electron chi connectivity index (χ4n) is 1.07. The van der Waals surface area contributed by atoms with Gasteiger partial charge in [-0.15, -0.1) is 0 Å². The van der Waals surface area contributed by atoms with E-state index in [0.717, 1.165) is 11.4 Å². The first kappa shape index (κ1) is 9.71. The Morgan fingerprint density at radius 2 is 1.85 bits per heavy atom. The maximum atomic E-state index is 4.14. The first-order valence-electron chi connectivity index (χ1n) is 4.26. The van der Waals surface area contributed by atoms with Crippen LogP contribution in [0.2, 0.25) is 0 Å². The van der Waals surface area contributed by atoms with Crippen molar-refractivity contribution >= 4 is 0 Å². The van der Waals surface area contributed by atoms with Crippen molar-refractivity contribution in [2.24, 2.45) is 7.05 Å². The van der Waals surface area contributed by atoms with Crippen LogP contribution in [0, 0.1) is 20.8 Å². The molecule has 0 aromatic carbocycles. The molecule has 0 amide bonds. The summed E-state index contributed by atoms with van der Waals surface area (Å²) in [5.41, 5.74) is 3.24. The minimum atomic E-state index is 0.969. The van der Waals surface area contributed by atoms with E-state index in [1.54, 1.807) is 12.5 Å². The molecule has 1 aromatic rings. The summed E-state index contributed by atoms with van der Waals surface area (Å²) in [7, 11) is 2.02. The summed E-state index contributed by atoms with van der Waals surface area (Å²) in [6.07, 6.45) is 3.38. The van der Waals surface area contributed by atoms with Crippen LogP contribution < -0.4 is 0 Å². The second kappa shape index (κ2) is 4.03. The molecule has 70 valence electrons. The second-order valence-electron chi connectivity index (χ2n) is 3.15. The Kier molecular flexibility index (Phi) is 3.01. The van der Waals surface area contributed by atoms with Crippen LogP contribution in [-0.4, -0.2) is 14.5 Å². The Bertz CT molecular complexity index is 351. The van der Waals surface area contributed by atoms with Gasteiger partial charge >= 0.3 is 0 Å². The van der Waals surface area contributed by atoms with E-state index in [0.29, 0.717) is 0 Å². The van der Waals surface area contributed by atoms with Crippen molar-refractivity contribution in [3.8, 4) is 0 Å². The molecule has 13 heavy (non-hydrogen) atoms. The zero-order valence-corrected chi connectivity index (χ0v) is 8.57. The standard InChI is InChI=1S/C10H15N3/c1-8-5-9(2)13(4)10(3)6-11-7-12-8/h5-7H,1-4H3. The topological polar surface area (TPSA) is 30.7 Å². The van der Waals surface area contributed by atoms with Gasteiger partial charge in [0.1, 0.15) is 6.33 Å². The van der Waals surface area contributed by atoms with Gasteiger partial charge in [-0.25, -0.2) is 9.97 Å². The molecule has 0 aliphatic heterocycles. The minimum Gasteiger partial charge on any atom is -0.351 e. The van der Waals surface area contributed by atoms with E-state index < -0.39 is 0 Å². The maximum absolute atomic E-state index is 4.14. The molecule has 0 saturated heterocycles. The smallest absolute Gasteiger partial charge is 0.115 e. The highest BCUT2D eigenvalue weighted by atomic mass is 14.9. The molecule has 1 rings (SSSR count). The molecule has 1 heterocycles. The van der Waals surface area contributed by atoms with Gasteiger partial charge in [-0.2, -0.15) is 0 Å². The molecule has 3 heteroatoms. The molecule has 0 aliphatic carbocycles. The highest BCUT2D eigenvalue weighted by molar-refractivity contribution is 5.06. The monoisotopic (exact) mass is 177 g/mol. The number of rotatable bonds is 0. The zero-order valence-electron chi connectivity index (χ0n) is 8.57. The number of aryl methyl sites for hydroxylation is 3. The van der Waals surface area contributed by atoms with Gasteiger partial charge in [0, 0.05) is 30.3 Å². The molecule has 1 aromatic heterocycles. The molecule has 0 atom stereocenters. The second-order valence-corrected chi connectivity index (χ2v) is 3.15. The summed E-state index contributed by atoms with van der Waals surface area (Å²) in [6, 6.07) is 2.04. The Hall–Kier alpha value is -1.38. The number of hydrogen-bond acceptors (Lipinski definition) is 2. The largest absolute Gasteiger partial charge is 0.351 e. The molecule has 0 fully saturated rings. The molecular formula is C10H15N3. The predicted octanol–water partition coefficient (Wildman–Crippen LogP) is 1.86. The van der Waals surface area contributed by atoms with Crippen LogP contribution in [-0.2, 0) is 7.05 Å². The summed E-state index contributed by atoms with van der Waals surface area (Å²) in [5, 5.41) is 0. The van der Waals surface area contributed by atoms with Crippen LogP contribution in [0.15, 0.2) is 18.6 Å². The van der Waals surface area contributed by atoms with E-state index in [-0.39, 0.29) is 0 Å². The van der Waals surface area contributed by atoms with Crippen LogP contribution in [0.5, 0.6) is 0 Å². The van der Waals surface area contributed by atoms with Gasteiger partial charge in [0.15, 0.2) is 0 Å². The van der Waals surface area contributed by atoms with Crippen molar-refractivity contribution in [1.82, 2.24) is 14.5 Å². The normalized spacial score (nSPS) is 9.54. The summed E-state index contributed by atoms with van der Waals surface area (Å²) >= 11 is 0. The van der Waals surface area contributed by atoms with Crippen LogP contribution in [0.4, 0.5) is 0 Å². The highest BCUT2D eigenvalue weighted by Gasteiger charge is 1.89. The fourth-order valence-corrected chi connectivity index (χ4v) is 1.07. The van der Waals surface area contributed by atoms with Gasteiger partial charge in [0.05, 0.1) is 0 Å². The van der Waals surface area contributed by atoms with Crippen molar-refractivity contribution in [1.29, 1.82) is 0 Å². The van der Waals surface area contributed by atoms with Gasteiger partial charge in [0.25, 0.3) is 0 Å². The van der Waals surface area contributed by atoms with Gasteiger partial charge in [-0.3, -0.25) is 0 Å². The first-order valence-corrected chi connectivity index (χ1v) is 4.26. The van der Waals surface area contributed by atoms with Gasteiger partial charge in [0.2, 0.25) is 0 Å². The summed E-state index contributed by atoms with van der Waals surface area (Å²) in [5.74, 6) is 0. The lowest BCUT2D eigenvalue weighted by molar-refractivity contribution is 0.818. The van der Waals surface area contributed by atoms with E-state index in [4.69, 9.17) is 0 Å². The van der Waals surface area contributed by atoms with Crippen molar-refractivity contribution in [2.45, 2.75) is 20.8 Å². The maximum Gasteiger partial charge on any atom is 0.115 e. The van der Waals surface area contributed by atoms with Crippen LogP contribution in [0.25, 0.3) is 0 Å². The van der Waals surface area contributed by atoms with E-state index in [1.165, 1.54) is 5.69 Å². The lowest BCUT2D eigenvalue weighted by Gasteiger charge is -2.03. The van der Waals surface area contributed by atoms with Gasteiger partial charge in [-0.05, 0) is 26.8 Å². The average molecular weight is 177 g/mol. The third kappa shape index (κ3) is 2.54. The lowest BCUT2D eigenvalue weighted by Crippen LogP contribution is -1.97. The molecule has 0 saturated carbocycles. The van der Waals surface area contributed by atoms with Crippen molar-refractivity contribution in [3.05, 3.63) is 35.7 Å². The summed E-state index contributed by atoms with van der Waals surface area (Å²) in [6.45, 7) is 6.04. The quantitative estimate of drug-likeness (QED) is 0.605. The molecule has 0 radical (unpaired) electrons. The zero-order chi connectivity index (χ0) is 9.84. The summed E-state index contributed by atoms with van der Waals surface area (Å²) in [4.78, 5) is 8.20. The minimum absolute atomic E-state index is 0.969. The SMILES string of the molecule is Cc1cc(C)n(C)c(C)cncn1. The van der Waals surface area contributed by atoms with Crippen LogP contribution >= 0.6 is 0 Å². The molecule has 3 nitrogen and oxygen atoms in total. The Labute approximate surface area is 78.8 Å². The van der Waals surface area contributed by atoms with E-state index in [9.17, 15) is 0 Å². The third-order valence-electron chi connectivity index (χ3n) is 2.07. The molecule has 0 bridgehead atoms. The van der Waals surface area contributed by atoms with Crippen LogP contribution in [0.1, 0.15) is 17.1 Å². The molecule has 0 spiro atoms. The van der Waals surface area contributed by atoms with E-state index in [1.807, 2.05) is 27.0 Å². The lowest BCUT2D eigenvalue weighted by atomic mass is 10.3. The van der Waals surface area contributed by atoms with Crippen molar-refractivity contribution in [2.75, 3.05) is 0 Å². The molecular weight excluding hydrogens is 162 g/mol. The van der Waals surface area contributed by atoms with Gasteiger partial charge < -0.3 is 4.57 Å². The van der Waals surface area contributed by atoms with Gasteiger partial charge in [-0.1, -0.05) is 0 Å². The summed E-state index contributed by atoms with van der Waals surface area (Å²) < 4.78 is 2.08. The first-order chi connectivity index (χ1) is 6.11. The number of nitrogens with zero attached hydrogens (tertiary/aromatic N) is 3. The number of hydrogen-bond donors (Lipinski definition) is 0. The third-order valence-corrected chi connectivity index (χ3v) is 2.07. The molecule has 0 unspecified atom stereocenters. The van der Waals surface area contributed by atoms with E-state index >= 15 is 0 Å². The highest BCUT2D eigenvalue weighted by Crippen LogP contribution is 1.98. The Morgan fingerprint density at radius 1 is 1.15 bits per heavy atom. The number of aromatic nitrogens is 3. The predicted molar refractivity (Wildman–Crippen MR) is 52.8 cm³/mol. The van der Waals surface area contributed by atoms with Crippen molar-refractivity contribution in [3.63, 3.8) is 0 Å². The molecule has 0 aliphatic rings. The fraction of sp³-hybridized carbons (Fsp3) is 0.400. The van der Waals surface area contributed by atoms with Crippen LogP contribution in [0.3, 0.4) is 0 Å². The average Bonchev–Trinajstić information content (AvgIpc) is 2.13. The van der Waals surface area contributed by atoms with Crippen molar-refractivity contribution < 1.29 is 0 Å². The Balaban J connectivity index is 3.51.